The molecule has 0 amide bonds. The Morgan fingerprint density at radius 2 is 1.76 bits per heavy atom. The first-order chi connectivity index (χ1) is 11.9. The van der Waals surface area contributed by atoms with E-state index in [1.54, 1.807) is 24.3 Å². The van der Waals surface area contributed by atoms with Crippen molar-refractivity contribution in [3.05, 3.63) is 52.0 Å². The molecule has 2 aromatic carbocycles. The maximum atomic E-state index is 12.1. The lowest BCUT2D eigenvalue weighted by atomic mass is 10.2. The number of hydrogen-bond donors (Lipinski definition) is 0. The number of carbonyl (C=O) groups is 1. The number of aryl methyl sites for hydroxylation is 1. The average molecular weight is 429 g/mol. The van der Waals surface area contributed by atoms with E-state index in [4.69, 9.17) is 13.7 Å². The lowest BCUT2D eigenvalue weighted by molar-refractivity contribution is 0.111. The first-order valence-corrected chi connectivity index (χ1v) is 9.49. The third-order valence-electron chi connectivity index (χ3n) is 3.32. The summed E-state index contributed by atoms with van der Waals surface area (Å²) in [6, 6.07) is 9.52. The van der Waals surface area contributed by atoms with E-state index in [9.17, 15) is 13.2 Å². The highest BCUT2D eigenvalue weighted by Gasteiger charge is 2.16. The molecule has 0 atom stereocenters. The Morgan fingerprint density at radius 3 is 2.36 bits per heavy atom. The normalized spacial score (nSPS) is 11.2. The Morgan fingerprint density at radius 1 is 1.08 bits per heavy atom. The summed E-state index contributed by atoms with van der Waals surface area (Å²) in [7, 11) is -2.37. The summed E-state index contributed by atoms with van der Waals surface area (Å²) < 4.78 is 40.2. The fraction of sp³-hybridized carbons (Fsp3) is 0.235. The molecule has 0 N–H and O–H groups in total. The van der Waals surface area contributed by atoms with Crippen molar-refractivity contribution in [3.63, 3.8) is 0 Å². The average Bonchev–Trinajstić information content (AvgIpc) is 2.60. The first-order valence-electron chi connectivity index (χ1n) is 7.29. The number of methoxy groups -OCH3 is 1. The summed E-state index contributed by atoms with van der Waals surface area (Å²) in [6.45, 7) is 1.61. The number of halogens is 1. The van der Waals surface area contributed by atoms with E-state index in [-0.39, 0.29) is 23.9 Å². The standard InChI is InChI=1S/C17H17BrO6S/c1-12-3-6-14(7-4-12)25(20,21)24-10-9-23-17-13(11-19)5-8-15(22-2)16(17)18/h3-8,11H,9-10H2,1-2H3. The van der Waals surface area contributed by atoms with Crippen LogP contribution in [0.4, 0.5) is 0 Å². The van der Waals surface area contributed by atoms with Gasteiger partial charge in [-0.3, -0.25) is 8.98 Å². The summed E-state index contributed by atoms with van der Waals surface area (Å²) in [5.74, 6) is 0.763. The van der Waals surface area contributed by atoms with Crippen LogP contribution in [0.15, 0.2) is 45.8 Å². The minimum Gasteiger partial charge on any atom is -0.495 e. The van der Waals surface area contributed by atoms with Crippen molar-refractivity contribution in [1.29, 1.82) is 0 Å². The minimum absolute atomic E-state index is 0.0578. The van der Waals surface area contributed by atoms with E-state index in [0.717, 1.165) is 5.56 Å². The van der Waals surface area contributed by atoms with Crippen LogP contribution >= 0.6 is 15.9 Å². The number of rotatable bonds is 8. The minimum atomic E-state index is -3.86. The molecule has 134 valence electrons. The molecule has 6 nitrogen and oxygen atoms in total. The van der Waals surface area contributed by atoms with Gasteiger partial charge in [0, 0.05) is 0 Å². The Hall–Kier alpha value is -1.90. The van der Waals surface area contributed by atoms with Gasteiger partial charge in [-0.2, -0.15) is 8.42 Å². The van der Waals surface area contributed by atoms with Gasteiger partial charge in [0.05, 0.1) is 17.6 Å². The van der Waals surface area contributed by atoms with E-state index < -0.39 is 10.1 Å². The summed E-state index contributed by atoms with van der Waals surface area (Å²) >= 11 is 3.30. The number of carbonyl (C=O) groups excluding carboxylic acids is 1. The van der Waals surface area contributed by atoms with Crippen LogP contribution in [-0.2, 0) is 14.3 Å². The Labute approximate surface area is 155 Å². The Balaban J connectivity index is 2.01. The molecule has 2 rings (SSSR count). The largest absolute Gasteiger partial charge is 0.495 e. The van der Waals surface area contributed by atoms with Crippen molar-refractivity contribution < 1.29 is 26.9 Å². The van der Waals surface area contributed by atoms with Crippen LogP contribution in [-0.4, -0.2) is 35.0 Å². The number of aldehydes is 1. The third kappa shape index (κ3) is 4.81. The molecular weight excluding hydrogens is 412 g/mol. The molecule has 0 aliphatic carbocycles. The van der Waals surface area contributed by atoms with Crippen LogP contribution in [0.25, 0.3) is 0 Å². The summed E-state index contributed by atoms with van der Waals surface area (Å²) in [5.41, 5.74) is 1.26. The summed E-state index contributed by atoms with van der Waals surface area (Å²) in [4.78, 5) is 11.2. The van der Waals surface area contributed by atoms with E-state index in [0.29, 0.717) is 22.1 Å². The smallest absolute Gasteiger partial charge is 0.297 e. The number of ether oxygens (including phenoxy) is 2. The van der Waals surface area contributed by atoms with Gasteiger partial charge in [-0.05, 0) is 47.1 Å². The van der Waals surface area contributed by atoms with Gasteiger partial charge in [-0.1, -0.05) is 17.7 Å². The molecular formula is C17H17BrO6S. The van der Waals surface area contributed by atoms with Gasteiger partial charge in [-0.25, -0.2) is 0 Å². The topological polar surface area (TPSA) is 78.9 Å². The fourth-order valence-electron chi connectivity index (χ4n) is 2.01. The van der Waals surface area contributed by atoms with Crippen molar-refractivity contribution >= 4 is 32.3 Å². The maximum Gasteiger partial charge on any atom is 0.297 e. The van der Waals surface area contributed by atoms with Crippen LogP contribution in [0.5, 0.6) is 11.5 Å². The lowest BCUT2D eigenvalue weighted by Crippen LogP contribution is -2.13. The molecule has 0 heterocycles. The summed E-state index contributed by atoms with van der Waals surface area (Å²) in [5, 5.41) is 0. The van der Waals surface area contributed by atoms with E-state index in [1.807, 2.05) is 6.92 Å². The van der Waals surface area contributed by atoms with Gasteiger partial charge in [0.15, 0.2) is 6.29 Å². The SMILES string of the molecule is COc1ccc(C=O)c(OCCOS(=O)(=O)c2ccc(C)cc2)c1Br. The third-order valence-corrected chi connectivity index (χ3v) is 5.39. The van der Waals surface area contributed by atoms with Crippen LogP contribution in [0, 0.1) is 6.92 Å². The molecule has 0 radical (unpaired) electrons. The summed E-state index contributed by atoms with van der Waals surface area (Å²) in [6.07, 6.45) is 0.642. The van der Waals surface area contributed by atoms with Crippen molar-refractivity contribution in [2.75, 3.05) is 20.3 Å². The number of hydrogen-bond acceptors (Lipinski definition) is 6. The monoisotopic (exact) mass is 428 g/mol. The maximum absolute atomic E-state index is 12.1. The zero-order valence-corrected chi connectivity index (χ0v) is 16.1. The van der Waals surface area contributed by atoms with Crippen molar-refractivity contribution in [2.45, 2.75) is 11.8 Å². The highest BCUT2D eigenvalue weighted by atomic mass is 79.9. The van der Waals surface area contributed by atoms with Gasteiger partial charge in [0.25, 0.3) is 10.1 Å². The molecule has 8 heteroatoms. The lowest BCUT2D eigenvalue weighted by Gasteiger charge is -2.13. The predicted octanol–water partition coefficient (Wildman–Crippen LogP) is 3.36. The highest BCUT2D eigenvalue weighted by molar-refractivity contribution is 9.10. The second-order valence-electron chi connectivity index (χ2n) is 5.06. The molecule has 0 fully saturated rings. The Bertz CT molecular complexity index is 846. The highest BCUT2D eigenvalue weighted by Crippen LogP contribution is 2.36. The second kappa shape index (κ2) is 8.46. The van der Waals surface area contributed by atoms with Gasteiger partial charge in [-0.15, -0.1) is 0 Å². The number of benzene rings is 2. The van der Waals surface area contributed by atoms with Gasteiger partial charge >= 0.3 is 0 Å². The second-order valence-corrected chi connectivity index (χ2v) is 7.46. The van der Waals surface area contributed by atoms with Crippen molar-refractivity contribution in [1.82, 2.24) is 0 Å². The zero-order chi connectivity index (χ0) is 18.4. The molecule has 0 bridgehead atoms. The fourth-order valence-corrected chi connectivity index (χ4v) is 3.54. The van der Waals surface area contributed by atoms with Crippen LogP contribution in [0.2, 0.25) is 0 Å². The molecule has 0 aromatic heterocycles. The van der Waals surface area contributed by atoms with Crippen LogP contribution in [0.1, 0.15) is 15.9 Å². The van der Waals surface area contributed by atoms with E-state index in [2.05, 4.69) is 15.9 Å². The molecule has 0 aliphatic rings. The molecule has 25 heavy (non-hydrogen) atoms. The van der Waals surface area contributed by atoms with Crippen LogP contribution in [0.3, 0.4) is 0 Å². The zero-order valence-electron chi connectivity index (χ0n) is 13.7. The van der Waals surface area contributed by atoms with Gasteiger partial charge in [0.2, 0.25) is 0 Å². The molecule has 0 saturated heterocycles. The van der Waals surface area contributed by atoms with Crippen molar-refractivity contribution in [3.8, 4) is 11.5 Å². The van der Waals surface area contributed by atoms with Gasteiger partial charge in [0.1, 0.15) is 29.2 Å². The van der Waals surface area contributed by atoms with E-state index in [1.165, 1.54) is 19.2 Å². The van der Waals surface area contributed by atoms with Gasteiger partial charge < -0.3 is 9.47 Å². The molecule has 0 aliphatic heterocycles. The molecule has 2 aromatic rings. The Kier molecular flexibility index (Phi) is 6.57. The van der Waals surface area contributed by atoms with E-state index >= 15 is 0 Å². The quantitative estimate of drug-likeness (QED) is 0.364. The first kappa shape index (κ1) is 19.4. The molecule has 0 spiro atoms. The predicted molar refractivity (Wildman–Crippen MR) is 95.9 cm³/mol. The molecule has 0 unspecified atom stereocenters. The van der Waals surface area contributed by atoms with Crippen LogP contribution < -0.4 is 9.47 Å². The van der Waals surface area contributed by atoms with Crippen molar-refractivity contribution in [2.24, 2.45) is 0 Å². The molecule has 0 saturated carbocycles.